The molecule has 0 aliphatic carbocycles. The van der Waals surface area contributed by atoms with Crippen LogP contribution in [-0.2, 0) is 0 Å². The summed E-state index contributed by atoms with van der Waals surface area (Å²) in [6, 6.07) is 3.55. The van der Waals surface area contributed by atoms with Gasteiger partial charge in [-0.15, -0.1) is 0 Å². The number of benzene rings is 1. The Morgan fingerprint density at radius 2 is 2.08 bits per heavy atom. The van der Waals surface area contributed by atoms with E-state index in [4.69, 9.17) is 16.1 Å². The second-order valence-electron chi connectivity index (χ2n) is 2.00. The highest BCUT2D eigenvalue weighted by molar-refractivity contribution is 7.59. The molecule has 64 valence electrons. The van der Waals surface area contributed by atoms with Gasteiger partial charge < -0.3 is 10.8 Å². The fourth-order valence-corrected chi connectivity index (χ4v) is 0.731. The second-order valence-corrected chi connectivity index (χ2v) is 2.00. The van der Waals surface area contributed by atoms with Gasteiger partial charge in [0.15, 0.2) is 0 Å². The van der Waals surface area contributed by atoms with Gasteiger partial charge in [-0.1, -0.05) is 0 Å². The van der Waals surface area contributed by atoms with Gasteiger partial charge in [-0.3, -0.25) is 0 Å². The van der Waals surface area contributed by atoms with E-state index in [1.165, 1.54) is 0 Å². The Kier molecular flexibility index (Phi) is 3.38. The first kappa shape index (κ1) is 10.6. The fraction of sp³-hybridized carbons (Fsp3) is 0. The average molecular weight is 186 g/mol. The van der Waals surface area contributed by atoms with Crippen molar-refractivity contribution in [2.75, 3.05) is 5.73 Å². The van der Waals surface area contributed by atoms with E-state index in [-0.39, 0.29) is 30.5 Å². The number of rotatable bonds is 0. The zero-order valence-corrected chi connectivity index (χ0v) is 7.00. The predicted octanol–water partition coefficient (Wildman–Crippen LogP) is 1.10. The summed E-state index contributed by atoms with van der Waals surface area (Å²) >= 11 is 0. The van der Waals surface area contributed by atoms with Crippen LogP contribution in [0, 0.1) is 17.1 Å². The highest BCUT2D eigenvalue weighted by Gasteiger charge is 2.06. The lowest BCUT2D eigenvalue weighted by Crippen LogP contribution is -1.93. The first-order valence-electron chi connectivity index (χ1n) is 2.83. The van der Waals surface area contributed by atoms with Gasteiger partial charge in [-0.05, 0) is 0 Å². The van der Waals surface area contributed by atoms with Gasteiger partial charge in [0.1, 0.15) is 23.2 Å². The minimum atomic E-state index is -0.801. The smallest absolute Gasteiger partial charge is 0.146 e. The van der Waals surface area contributed by atoms with Gasteiger partial charge in [0.2, 0.25) is 0 Å². The minimum absolute atomic E-state index is 0. The first-order chi connectivity index (χ1) is 5.15. The molecule has 0 fully saturated rings. The Labute approximate surface area is 75.7 Å². The van der Waals surface area contributed by atoms with E-state index in [0.29, 0.717) is 0 Å². The average Bonchev–Trinajstić information content (AvgIpc) is 1.85. The maximum Gasteiger partial charge on any atom is 0.146 e. The molecular formula is C7H7FN2OS. The lowest BCUT2D eigenvalue weighted by atomic mass is 10.2. The molecule has 5 heteroatoms. The van der Waals surface area contributed by atoms with Crippen LogP contribution in [0.4, 0.5) is 10.1 Å². The number of nitrogen functional groups attached to an aromatic ring is 1. The van der Waals surface area contributed by atoms with E-state index in [2.05, 4.69) is 0 Å². The van der Waals surface area contributed by atoms with Crippen molar-refractivity contribution in [3.05, 3.63) is 23.5 Å². The molecule has 1 rings (SSSR count). The van der Waals surface area contributed by atoms with Crippen molar-refractivity contribution < 1.29 is 9.50 Å². The van der Waals surface area contributed by atoms with Gasteiger partial charge in [0.05, 0.1) is 5.69 Å². The molecule has 0 aliphatic heterocycles. The molecule has 0 spiro atoms. The Morgan fingerprint density at radius 1 is 1.50 bits per heavy atom. The van der Waals surface area contributed by atoms with Crippen LogP contribution >= 0.6 is 13.5 Å². The van der Waals surface area contributed by atoms with Crippen molar-refractivity contribution in [2.45, 2.75) is 0 Å². The zero-order valence-electron chi connectivity index (χ0n) is 6.00. The molecule has 0 atom stereocenters. The number of anilines is 1. The number of hydrogen-bond donors (Lipinski definition) is 2. The van der Waals surface area contributed by atoms with Crippen LogP contribution in [0.2, 0.25) is 0 Å². The summed E-state index contributed by atoms with van der Waals surface area (Å²) < 4.78 is 12.6. The number of halogens is 1. The van der Waals surface area contributed by atoms with E-state index in [9.17, 15) is 4.39 Å². The number of aromatic hydroxyl groups is 1. The second kappa shape index (κ2) is 3.83. The maximum atomic E-state index is 12.6. The fourth-order valence-electron chi connectivity index (χ4n) is 0.731. The maximum absolute atomic E-state index is 12.6. The topological polar surface area (TPSA) is 70.0 Å². The van der Waals surface area contributed by atoms with Crippen LogP contribution in [0.25, 0.3) is 0 Å². The summed E-state index contributed by atoms with van der Waals surface area (Å²) in [7, 11) is 0. The monoisotopic (exact) mass is 186 g/mol. The van der Waals surface area contributed by atoms with Crippen molar-refractivity contribution in [3.63, 3.8) is 0 Å². The SMILES string of the molecule is N#Cc1c(N)cc(O)cc1F.S. The Balaban J connectivity index is 0.00000121. The van der Waals surface area contributed by atoms with Crippen LogP contribution in [0.3, 0.4) is 0 Å². The summed E-state index contributed by atoms with van der Waals surface area (Å²) in [6.07, 6.45) is 0. The summed E-state index contributed by atoms with van der Waals surface area (Å²) in [4.78, 5) is 0. The molecule has 0 radical (unpaired) electrons. The lowest BCUT2D eigenvalue weighted by molar-refractivity contribution is 0.469. The van der Waals surface area contributed by atoms with E-state index < -0.39 is 5.82 Å². The third kappa shape index (κ3) is 1.80. The van der Waals surface area contributed by atoms with Gasteiger partial charge >= 0.3 is 0 Å². The van der Waals surface area contributed by atoms with E-state index in [1.54, 1.807) is 6.07 Å². The normalized spacial score (nSPS) is 8.33. The lowest BCUT2D eigenvalue weighted by Gasteiger charge is -1.98. The predicted molar refractivity (Wildman–Crippen MR) is 47.6 cm³/mol. The van der Waals surface area contributed by atoms with Crippen LogP contribution in [0.1, 0.15) is 5.56 Å². The van der Waals surface area contributed by atoms with Gasteiger partial charge in [-0.25, -0.2) is 4.39 Å². The third-order valence-electron chi connectivity index (χ3n) is 1.22. The molecule has 0 aliphatic rings. The highest BCUT2D eigenvalue weighted by Crippen LogP contribution is 2.21. The van der Waals surface area contributed by atoms with E-state index in [1.807, 2.05) is 0 Å². The Bertz CT molecular complexity index is 312. The van der Waals surface area contributed by atoms with Gasteiger partial charge in [0, 0.05) is 12.1 Å². The summed E-state index contributed by atoms with van der Waals surface area (Å²) in [5, 5.41) is 17.1. The molecule has 0 saturated carbocycles. The van der Waals surface area contributed by atoms with Crippen molar-refractivity contribution >= 4 is 19.2 Å². The van der Waals surface area contributed by atoms with Crippen molar-refractivity contribution in [1.29, 1.82) is 5.26 Å². The van der Waals surface area contributed by atoms with Crippen LogP contribution < -0.4 is 5.73 Å². The molecule has 0 aromatic heterocycles. The van der Waals surface area contributed by atoms with Crippen LogP contribution in [0.5, 0.6) is 5.75 Å². The zero-order chi connectivity index (χ0) is 8.43. The molecule has 0 saturated heterocycles. The first-order valence-corrected chi connectivity index (χ1v) is 2.83. The molecule has 1 aromatic carbocycles. The Morgan fingerprint density at radius 3 is 2.50 bits per heavy atom. The summed E-state index contributed by atoms with van der Waals surface area (Å²) in [6.45, 7) is 0. The number of nitrogens with two attached hydrogens (primary N) is 1. The van der Waals surface area contributed by atoms with E-state index >= 15 is 0 Å². The van der Waals surface area contributed by atoms with Crippen molar-refractivity contribution in [2.24, 2.45) is 0 Å². The third-order valence-corrected chi connectivity index (χ3v) is 1.22. The minimum Gasteiger partial charge on any atom is -0.508 e. The van der Waals surface area contributed by atoms with Crippen molar-refractivity contribution in [1.82, 2.24) is 0 Å². The molecule has 12 heavy (non-hydrogen) atoms. The highest BCUT2D eigenvalue weighted by atomic mass is 32.1. The molecule has 0 unspecified atom stereocenters. The quantitative estimate of drug-likeness (QED) is 0.596. The number of nitrogens with zero attached hydrogens (tertiary/aromatic N) is 1. The summed E-state index contributed by atoms with van der Waals surface area (Å²) in [5.41, 5.74) is 4.93. The molecule has 0 amide bonds. The molecule has 3 nitrogen and oxygen atoms in total. The molecule has 0 bridgehead atoms. The summed E-state index contributed by atoms with van der Waals surface area (Å²) in [5.74, 6) is -1.08. The number of phenols is 1. The molecule has 3 N–H and O–H groups in total. The number of hydrogen-bond acceptors (Lipinski definition) is 3. The largest absolute Gasteiger partial charge is 0.508 e. The number of nitriles is 1. The van der Waals surface area contributed by atoms with Gasteiger partial charge in [-0.2, -0.15) is 18.8 Å². The molecule has 1 aromatic rings. The molecule has 0 heterocycles. The standard InChI is InChI=1S/C7H5FN2O.H2S/c8-6-1-4(11)2-7(10)5(6)3-9;/h1-2,11H,10H2;1H2. The van der Waals surface area contributed by atoms with Crippen molar-refractivity contribution in [3.8, 4) is 11.8 Å². The van der Waals surface area contributed by atoms with Crippen LogP contribution in [0.15, 0.2) is 12.1 Å². The number of phenolic OH excluding ortho intramolecular Hbond substituents is 1. The Hall–Kier alpha value is -1.41. The van der Waals surface area contributed by atoms with Crippen LogP contribution in [-0.4, -0.2) is 5.11 Å². The molecular weight excluding hydrogens is 179 g/mol. The van der Waals surface area contributed by atoms with E-state index in [0.717, 1.165) is 12.1 Å². The van der Waals surface area contributed by atoms with Gasteiger partial charge in [0.25, 0.3) is 0 Å².